The normalized spacial score (nSPS) is 14.8. The molecule has 2 aromatic rings. The molecule has 34 heavy (non-hydrogen) atoms. The Balaban J connectivity index is 1.82. The first-order chi connectivity index (χ1) is 16.5. The van der Waals surface area contributed by atoms with E-state index in [2.05, 4.69) is 10.6 Å². The number of hydrogen-bond donors (Lipinski definition) is 2. The molecule has 1 aliphatic carbocycles. The van der Waals surface area contributed by atoms with E-state index in [1.54, 1.807) is 30.2 Å². The minimum Gasteiger partial charge on any atom is -0.497 e. The van der Waals surface area contributed by atoms with Gasteiger partial charge >= 0.3 is 0 Å². The molecule has 3 rings (SSSR count). The van der Waals surface area contributed by atoms with Gasteiger partial charge in [0.25, 0.3) is 5.91 Å². The van der Waals surface area contributed by atoms with Crippen LogP contribution in [0.3, 0.4) is 0 Å². The van der Waals surface area contributed by atoms with Gasteiger partial charge in [-0.3, -0.25) is 14.4 Å². The highest BCUT2D eigenvalue weighted by atomic mass is 16.5. The molecule has 1 atom stereocenters. The van der Waals surface area contributed by atoms with Crippen molar-refractivity contribution in [3.8, 4) is 5.75 Å². The zero-order valence-corrected chi connectivity index (χ0v) is 20.0. The molecule has 8 nitrogen and oxygen atoms in total. The Morgan fingerprint density at radius 2 is 1.85 bits per heavy atom. The number of nitrogens with zero attached hydrogens (tertiary/aromatic N) is 1. The first-order valence-corrected chi connectivity index (χ1v) is 12.1. The van der Waals surface area contributed by atoms with Crippen molar-refractivity contribution in [2.45, 2.75) is 64.0 Å². The number of carbonyl (C=O) groups is 3. The van der Waals surface area contributed by atoms with Crippen molar-refractivity contribution in [2.75, 3.05) is 20.2 Å². The van der Waals surface area contributed by atoms with Gasteiger partial charge < -0.3 is 24.7 Å². The lowest BCUT2D eigenvalue weighted by Crippen LogP contribution is -2.49. The van der Waals surface area contributed by atoms with Crippen molar-refractivity contribution in [2.24, 2.45) is 0 Å². The van der Waals surface area contributed by atoms with E-state index < -0.39 is 11.9 Å². The number of hydrogen-bond acceptors (Lipinski definition) is 5. The number of benzene rings is 1. The van der Waals surface area contributed by atoms with Crippen LogP contribution >= 0.6 is 0 Å². The number of rotatable bonds is 11. The van der Waals surface area contributed by atoms with Crippen LogP contribution in [0, 0.1) is 0 Å². The van der Waals surface area contributed by atoms with Crippen LogP contribution in [-0.2, 0) is 9.59 Å². The maximum absolute atomic E-state index is 13.6. The number of ether oxygens (including phenoxy) is 1. The Bertz CT molecular complexity index is 920. The summed E-state index contributed by atoms with van der Waals surface area (Å²) in [6.07, 6.45) is 8.27. The van der Waals surface area contributed by atoms with Crippen LogP contribution < -0.4 is 15.4 Å². The molecule has 8 heteroatoms. The van der Waals surface area contributed by atoms with E-state index in [1.165, 1.54) is 18.8 Å². The predicted molar refractivity (Wildman–Crippen MR) is 128 cm³/mol. The molecule has 1 fully saturated rings. The number of carbonyl (C=O) groups excluding carboxylic acids is 3. The summed E-state index contributed by atoms with van der Waals surface area (Å²) >= 11 is 0. The zero-order valence-electron chi connectivity index (χ0n) is 20.0. The van der Waals surface area contributed by atoms with Crippen LogP contribution in [0.5, 0.6) is 5.75 Å². The van der Waals surface area contributed by atoms with E-state index in [4.69, 9.17) is 9.15 Å². The standard InChI is InChI=1S/C26H35N3O5/c1-3-4-16-29(23(30)18-27-25(31)22-11-8-17-34-22)24(19-12-14-21(33-2)15-13-19)26(32)28-20-9-6-5-7-10-20/h8,11-15,17,20,24H,3-7,9-10,16,18H2,1-2H3,(H,27,31)(H,28,32)/t24-/m0/s1. The Labute approximate surface area is 201 Å². The van der Waals surface area contributed by atoms with E-state index in [1.807, 2.05) is 19.1 Å². The molecule has 0 radical (unpaired) electrons. The largest absolute Gasteiger partial charge is 0.497 e. The molecule has 0 bridgehead atoms. The Morgan fingerprint density at radius 3 is 2.47 bits per heavy atom. The van der Waals surface area contributed by atoms with Crippen LogP contribution in [0.25, 0.3) is 0 Å². The second-order valence-corrected chi connectivity index (χ2v) is 8.62. The molecule has 1 aromatic carbocycles. The topological polar surface area (TPSA) is 101 Å². The number of amides is 3. The van der Waals surface area contributed by atoms with Crippen molar-refractivity contribution in [3.05, 3.63) is 54.0 Å². The highest BCUT2D eigenvalue weighted by Gasteiger charge is 2.32. The predicted octanol–water partition coefficient (Wildman–Crippen LogP) is 3.84. The van der Waals surface area contributed by atoms with E-state index in [0.717, 1.165) is 38.5 Å². The van der Waals surface area contributed by atoms with Crippen LogP contribution in [0.1, 0.15) is 74.0 Å². The average Bonchev–Trinajstić information content (AvgIpc) is 3.41. The Morgan fingerprint density at radius 1 is 1.12 bits per heavy atom. The van der Waals surface area contributed by atoms with Crippen LogP contribution in [0.15, 0.2) is 47.1 Å². The van der Waals surface area contributed by atoms with Gasteiger partial charge in [0.2, 0.25) is 11.8 Å². The fraction of sp³-hybridized carbons (Fsp3) is 0.500. The smallest absolute Gasteiger partial charge is 0.287 e. The molecule has 0 spiro atoms. The molecule has 3 amide bonds. The van der Waals surface area contributed by atoms with Crippen LogP contribution in [0.2, 0.25) is 0 Å². The average molecular weight is 470 g/mol. The third-order valence-corrected chi connectivity index (χ3v) is 6.16. The Kier molecular flexibility index (Phi) is 9.55. The monoisotopic (exact) mass is 469 g/mol. The lowest BCUT2D eigenvalue weighted by molar-refractivity contribution is -0.140. The third kappa shape index (κ3) is 6.85. The quantitative estimate of drug-likeness (QED) is 0.521. The highest BCUT2D eigenvalue weighted by molar-refractivity contribution is 5.95. The van der Waals surface area contributed by atoms with Gasteiger partial charge in [0.05, 0.1) is 19.9 Å². The molecular weight excluding hydrogens is 434 g/mol. The molecular formula is C26H35N3O5. The van der Waals surface area contributed by atoms with Gasteiger partial charge in [-0.1, -0.05) is 44.7 Å². The summed E-state index contributed by atoms with van der Waals surface area (Å²) in [6, 6.07) is 9.67. The summed E-state index contributed by atoms with van der Waals surface area (Å²) in [4.78, 5) is 40.8. The van der Waals surface area contributed by atoms with Gasteiger partial charge in [-0.25, -0.2) is 0 Å². The second-order valence-electron chi connectivity index (χ2n) is 8.62. The summed E-state index contributed by atoms with van der Waals surface area (Å²) in [5.74, 6) is -0.185. The van der Waals surface area contributed by atoms with Gasteiger partial charge in [-0.2, -0.15) is 0 Å². The van der Waals surface area contributed by atoms with Gasteiger partial charge in [0.1, 0.15) is 11.8 Å². The van der Waals surface area contributed by atoms with E-state index in [-0.39, 0.29) is 30.2 Å². The highest BCUT2D eigenvalue weighted by Crippen LogP contribution is 2.26. The van der Waals surface area contributed by atoms with Crippen molar-refractivity contribution < 1.29 is 23.5 Å². The molecule has 184 valence electrons. The van der Waals surface area contributed by atoms with Gasteiger partial charge in [-0.05, 0) is 49.1 Å². The molecule has 1 aromatic heterocycles. The van der Waals surface area contributed by atoms with Crippen LogP contribution in [0.4, 0.5) is 0 Å². The van der Waals surface area contributed by atoms with E-state index in [9.17, 15) is 14.4 Å². The third-order valence-electron chi connectivity index (χ3n) is 6.16. The maximum Gasteiger partial charge on any atom is 0.287 e. The SMILES string of the molecule is CCCCN(C(=O)CNC(=O)c1ccco1)[C@H](C(=O)NC1CCCCC1)c1ccc(OC)cc1. The lowest BCUT2D eigenvalue weighted by atomic mass is 9.94. The minimum absolute atomic E-state index is 0.115. The molecule has 0 saturated heterocycles. The molecule has 1 aliphatic rings. The fourth-order valence-corrected chi connectivity index (χ4v) is 4.26. The van der Waals surface area contributed by atoms with Gasteiger partial charge in [-0.15, -0.1) is 0 Å². The molecule has 0 aliphatic heterocycles. The van der Waals surface area contributed by atoms with Crippen molar-refractivity contribution >= 4 is 17.7 Å². The van der Waals surface area contributed by atoms with Gasteiger partial charge in [0, 0.05) is 12.6 Å². The number of unbranched alkanes of at least 4 members (excludes halogenated alkanes) is 1. The van der Waals surface area contributed by atoms with E-state index in [0.29, 0.717) is 17.9 Å². The molecule has 0 unspecified atom stereocenters. The first-order valence-electron chi connectivity index (χ1n) is 12.1. The van der Waals surface area contributed by atoms with Crippen molar-refractivity contribution in [1.29, 1.82) is 0 Å². The fourth-order valence-electron chi connectivity index (χ4n) is 4.26. The number of furan rings is 1. The maximum atomic E-state index is 13.6. The second kappa shape index (κ2) is 12.8. The zero-order chi connectivity index (χ0) is 24.3. The Hall–Kier alpha value is -3.29. The summed E-state index contributed by atoms with van der Waals surface area (Å²) in [7, 11) is 1.58. The lowest BCUT2D eigenvalue weighted by Gasteiger charge is -2.33. The van der Waals surface area contributed by atoms with Crippen molar-refractivity contribution in [3.63, 3.8) is 0 Å². The van der Waals surface area contributed by atoms with Crippen molar-refractivity contribution in [1.82, 2.24) is 15.5 Å². The summed E-state index contributed by atoms with van der Waals surface area (Å²) in [5.41, 5.74) is 0.705. The number of methoxy groups -OCH3 is 1. The van der Waals surface area contributed by atoms with Gasteiger partial charge in [0.15, 0.2) is 5.76 Å². The first kappa shape index (κ1) is 25.3. The molecule has 1 heterocycles. The van der Waals surface area contributed by atoms with E-state index >= 15 is 0 Å². The summed E-state index contributed by atoms with van der Waals surface area (Å²) in [5, 5.41) is 5.79. The minimum atomic E-state index is -0.799. The molecule has 1 saturated carbocycles. The number of nitrogens with one attached hydrogen (secondary N) is 2. The summed E-state index contributed by atoms with van der Waals surface area (Å²) < 4.78 is 10.4. The summed E-state index contributed by atoms with van der Waals surface area (Å²) in [6.45, 7) is 2.21. The van der Waals surface area contributed by atoms with Crippen LogP contribution in [-0.4, -0.2) is 48.9 Å². The molecule has 2 N–H and O–H groups in total.